The largest absolute Gasteiger partial charge is 0.389 e. The van der Waals surface area contributed by atoms with Gasteiger partial charge in [0.25, 0.3) is 0 Å². The van der Waals surface area contributed by atoms with Crippen molar-refractivity contribution in [2.75, 3.05) is 59.5 Å². The second kappa shape index (κ2) is 9.59. The van der Waals surface area contributed by atoms with Gasteiger partial charge < -0.3 is 10.0 Å². The van der Waals surface area contributed by atoms with Gasteiger partial charge >= 0.3 is 0 Å². The maximum atomic E-state index is 10.2. The number of hydrogen-bond acceptors (Lipinski definition) is 6. The van der Waals surface area contributed by atoms with E-state index in [1.807, 2.05) is 23.5 Å². The molecule has 25 heavy (non-hydrogen) atoms. The maximum Gasteiger partial charge on any atom is 0.0957 e. The lowest BCUT2D eigenvalue weighted by atomic mass is 9.91. The van der Waals surface area contributed by atoms with E-state index in [1.165, 1.54) is 5.56 Å². The van der Waals surface area contributed by atoms with Gasteiger partial charge in [-0.3, -0.25) is 14.7 Å². The molecule has 3 rings (SSSR count). The number of hydroxylamine groups is 2. The minimum Gasteiger partial charge on any atom is -0.389 e. The van der Waals surface area contributed by atoms with Crippen molar-refractivity contribution in [1.82, 2.24) is 19.8 Å². The predicted molar refractivity (Wildman–Crippen MR) is 98.1 cm³/mol. The number of aliphatic hydroxyl groups is 1. The first-order chi connectivity index (χ1) is 12.2. The molecule has 0 radical (unpaired) electrons. The van der Waals surface area contributed by atoms with Crippen molar-refractivity contribution in [2.45, 2.75) is 25.4 Å². The van der Waals surface area contributed by atoms with E-state index in [1.54, 1.807) is 0 Å². The number of likely N-dealkylation sites (N-methyl/N-ethyl adjacent to an activating group) is 1. The third kappa shape index (κ3) is 6.31. The third-order valence-corrected chi connectivity index (χ3v) is 5.34. The summed E-state index contributed by atoms with van der Waals surface area (Å²) in [6, 6.07) is 4.17. The standard InChI is InChI=1S/C19H32N4O2/c1-21-9-11-22(12-10-21)15-19(24)16-25-23-7-4-17(5-8-23)13-18-3-2-6-20-14-18/h2-3,6,14,17,19,24H,4-5,7-13,15-16H2,1H3. The molecular formula is C19H32N4O2. The fourth-order valence-corrected chi connectivity index (χ4v) is 3.67. The van der Waals surface area contributed by atoms with Crippen molar-refractivity contribution in [3.05, 3.63) is 30.1 Å². The summed E-state index contributed by atoms with van der Waals surface area (Å²) in [7, 11) is 2.15. The first-order valence-corrected chi connectivity index (χ1v) is 9.55. The van der Waals surface area contributed by atoms with Gasteiger partial charge in [-0.1, -0.05) is 6.07 Å². The van der Waals surface area contributed by atoms with Crippen LogP contribution in [0, 0.1) is 5.92 Å². The SMILES string of the molecule is CN1CCN(CC(O)CON2CCC(Cc3cccnc3)CC2)CC1. The summed E-state index contributed by atoms with van der Waals surface area (Å²) in [6.07, 6.45) is 6.78. The Morgan fingerprint density at radius 1 is 1.20 bits per heavy atom. The lowest BCUT2D eigenvalue weighted by Crippen LogP contribution is -2.48. The van der Waals surface area contributed by atoms with E-state index >= 15 is 0 Å². The molecule has 0 saturated carbocycles. The fourth-order valence-electron chi connectivity index (χ4n) is 3.67. The number of aromatic nitrogens is 1. The molecule has 1 atom stereocenters. The summed E-state index contributed by atoms with van der Waals surface area (Å²) in [5.41, 5.74) is 1.32. The Morgan fingerprint density at radius 2 is 1.96 bits per heavy atom. The van der Waals surface area contributed by atoms with Crippen LogP contribution in [0.1, 0.15) is 18.4 Å². The van der Waals surface area contributed by atoms with Crippen LogP contribution in [0.25, 0.3) is 0 Å². The first-order valence-electron chi connectivity index (χ1n) is 9.55. The molecule has 3 heterocycles. The van der Waals surface area contributed by atoms with Crippen molar-refractivity contribution in [3.8, 4) is 0 Å². The van der Waals surface area contributed by atoms with Crippen LogP contribution in [0.2, 0.25) is 0 Å². The number of piperidine rings is 1. The zero-order valence-electron chi connectivity index (χ0n) is 15.4. The van der Waals surface area contributed by atoms with Crippen LogP contribution >= 0.6 is 0 Å². The van der Waals surface area contributed by atoms with Gasteiger partial charge in [-0.15, -0.1) is 0 Å². The number of hydrogen-bond donors (Lipinski definition) is 1. The second-order valence-electron chi connectivity index (χ2n) is 7.49. The molecule has 2 aliphatic heterocycles. The number of piperazine rings is 1. The Hall–Kier alpha value is -1.05. The molecule has 1 unspecified atom stereocenters. The molecular weight excluding hydrogens is 316 g/mol. The Balaban J connectivity index is 1.30. The highest BCUT2D eigenvalue weighted by atomic mass is 16.7. The summed E-state index contributed by atoms with van der Waals surface area (Å²) in [6.45, 7) is 7.25. The molecule has 2 aliphatic rings. The van der Waals surface area contributed by atoms with Gasteiger partial charge in [0.05, 0.1) is 12.7 Å². The lowest BCUT2D eigenvalue weighted by Gasteiger charge is -2.34. The number of rotatable bonds is 7. The van der Waals surface area contributed by atoms with Gasteiger partial charge in [-0.25, -0.2) is 0 Å². The quantitative estimate of drug-likeness (QED) is 0.789. The van der Waals surface area contributed by atoms with Gasteiger partial charge in [0.15, 0.2) is 0 Å². The molecule has 2 fully saturated rings. The molecule has 1 aromatic rings. The highest BCUT2D eigenvalue weighted by Crippen LogP contribution is 2.21. The molecule has 1 N–H and O–H groups in total. The molecule has 0 bridgehead atoms. The van der Waals surface area contributed by atoms with Crippen LogP contribution in [0.4, 0.5) is 0 Å². The first kappa shape index (κ1) is 18.7. The van der Waals surface area contributed by atoms with E-state index in [2.05, 4.69) is 27.9 Å². The Labute approximate surface area is 151 Å². The van der Waals surface area contributed by atoms with Crippen LogP contribution in [-0.4, -0.2) is 90.5 Å². The highest BCUT2D eigenvalue weighted by molar-refractivity contribution is 5.09. The molecule has 0 spiro atoms. The number of aliphatic hydroxyl groups excluding tert-OH is 1. The molecule has 6 nitrogen and oxygen atoms in total. The van der Waals surface area contributed by atoms with Crippen LogP contribution < -0.4 is 0 Å². The summed E-state index contributed by atoms with van der Waals surface area (Å²) >= 11 is 0. The minimum absolute atomic E-state index is 0.402. The van der Waals surface area contributed by atoms with Crippen LogP contribution in [0.3, 0.4) is 0 Å². The molecule has 0 amide bonds. The fraction of sp³-hybridized carbons (Fsp3) is 0.737. The molecule has 0 aromatic carbocycles. The second-order valence-corrected chi connectivity index (χ2v) is 7.49. The van der Waals surface area contributed by atoms with Crippen LogP contribution in [0.5, 0.6) is 0 Å². The smallest absolute Gasteiger partial charge is 0.0957 e. The Bertz CT molecular complexity index is 485. The lowest BCUT2D eigenvalue weighted by molar-refractivity contribution is -0.193. The van der Waals surface area contributed by atoms with E-state index in [0.29, 0.717) is 19.1 Å². The molecule has 0 aliphatic carbocycles. The Morgan fingerprint density at radius 3 is 2.64 bits per heavy atom. The molecule has 1 aromatic heterocycles. The van der Waals surface area contributed by atoms with Gasteiger partial charge in [0.1, 0.15) is 0 Å². The van der Waals surface area contributed by atoms with Gasteiger partial charge in [-0.05, 0) is 43.9 Å². The van der Waals surface area contributed by atoms with E-state index in [9.17, 15) is 5.11 Å². The van der Waals surface area contributed by atoms with Crippen molar-refractivity contribution in [2.24, 2.45) is 5.92 Å². The van der Waals surface area contributed by atoms with Gasteiger partial charge in [0.2, 0.25) is 0 Å². The van der Waals surface area contributed by atoms with Gasteiger partial charge in [-0.2, -0.15) is 5.06 Å². The van der Waals surface area contributed by atoms with Crippen molar-refractivity contribution >= 4 is 0 Å². The van der Waals surface area contributed by atoms with Crippen LogP contribution in [-0.2, 0) is 11.3 Å². The average molecular weight is 348 g/mol. The Kier molecular flexibility index (Phi) is 7.19. The predicted octanol–water partition coefficient (Wildman–Crippen LogP) is 0.876. The van der Waals surface area contributed by atoms with E-state index in [-0.39, 0.29) is 0 Å². The van der Waals surface area contributed by atoms with Gasteiger partial charge in [0, 0.05) is 58.2 Å². The van der Waals surface area contributed by atoms with Crippen molar-refractivity contribution in [1.29, 1.82) is 0 Å². The molecule has 6 heteroatoms. The number of β-amino-alcohol motifs (C(OH)–C–C–N with tert-alkyl or cyclic N) is 1. The topological polar surface area (TPSA) is 52.1 Å². The number of nitrogens with zero attached hydrogens (tertiary/aromatic N) is 4. The maximum absolute atomic E-state index is 10.2. The average Bonchev–Trinajstić information content (AvgIpc) is 2.64. The summed E-state index contributed by atoms with van der Waals surface area (Å²) in [5, 5.41) is 12.3. The van der Waals surface area contributed by atoms with E-state index < -0.39 is 6.10 Å². The van der Waals surface area contributed by atoms with Crippen molar-refractivity contribution in [3.63, 3.8) is 0 Å². The zero-order valence-corrected chi connectivity index (χ0v) is 15.4. The van der Waals surface area contributed by atoms with E-state index in [4.69, 9.17) is 4.84 Å². The third-order valence-electron chi connectivity index (χ3n) is 5.34. The summed E-state index contributed by atoms with van der Waals surface area (Å²) < 4.78 is 0. The van der Waals surface area contributed by atoms with E-state index in [0.717, 1.165) is 58.5 Å². The molecule has 140 valence electrons. The van der Waals surface area contributed by atoms with Crippen molar-refractivity contribution < 1.29 is 9.94 Å². The normalized spacial score (nSPS) is 23.0. The summed E-state index contributed by atoms with van der Waals surface area (Å²) in [4.78, 5) is 14.7. The van der Waals surface area contributed by atoms with Crippen LogP contribution in [0.15, 0.2) is 24.5 Å². The minimum atomic E-state index is -0.406. The number of pyridine rings is 1. The monoisotopic (exact) mass is 348 g/mol. The zero-order chi connectivity index (χ0) is 17.5. The highest BCUT2D eigenvalue weighted by Gasteiger charge is 2.22. The summed E-state index contributed by atoms with van der Waals surface area (Å²) in [5.74, 6) is 0.708. The molecule has 2 saturated heterocycles.